The van der Waals surface area contributed by atoms with Crippen LogP contribution in [0.4, 0.5) is 4.39 Å². The average molecular weight is 286 g/mol. The third-order valence-corrected chi connectivity index (χ3v) is 3.75. The molecule has 0 bridgehead atoms. The molecule has 2 nitrogen and oxygen atoms in total. The standard InChI is InChI=1S/C18H23FN2/c1-4-21-17(6-5-15-7-9-20-10-8-15)18-14(3)11-13(2)12-16(18)19/h7-12,17,21H,4-6H2,1-3H3. The van der Waals surface area contributed by atoms with E-state index in [0.29, 0.717) is 0 Å². The first-order valence-corrected chi connectivity index (χ1v) is 7.50. The summed E-state index contributed by atoms with van der Waals surface area (Å²) in [6.07, 6.45) is 5.39. The number of pyridine rings is 1. The van der Waals surface area contributed by atoms with Gasteiger partial charge >= 0.3 is 0 Å². The Morgan fingerprint density at radius 2 is 1.90 bits per heavy atom. The summed E-state index contributed by atoms with van der Waals surface area (Å²) in [5.74, 6) is -0.104. The van der Waals surface area contributed by atoms with Crippen molar-refractivity contribution in [3.63, 3.8) is 0 Å². The molecular weight excluding hydrogens is 263 g/mol. The van der Waals surface area contributed by atoms with E-state index in [1.165, 1.54) is 5.56 Å². The number of rotatable bonds is 6. The van der Waals surface area contributed by atoms with Gasteiger partial charge in [-0.15, -0.1) is 0 Å². The molecule has 0 aliphatic carbocycles. The quantitative estimate of drug-likeness (QED) is 0.864. The molecule has 2 aromatic rings. The second-order valence-corrected chi connectivity index (χ2v) is 5.48. The van der Waals surface area contributed by atoms with Crippen molar-refractivity contribution >= 4 is 0 Å². The normalized spacial score (nSPS) is 12.4. The third-order valence-electron chi connectivity index (χ3n) is 3.75. The number of nitrogens with zero attached hydrogens (tertiary/aromatic N) is 1. The second kappa shape index (κ2) is 7.32. The zero-order valence-electron chi connectivity index (χ0n) is 13.0. The van der Waals surface area contributed by atoms with Crippen molar-refractivity contribution in [3.05, 3.63) is 64.7 Å². The zero-order chi connectivity index (χ0) is 15.2. The van der Waals surface area contributed by atoms with Crippen LogP contribution in [0, 0.1) is 19.7 Å². The molecule has 0 spiro atoms. The van der Waals surface area contributed by atoms with Gasteiger partial charge in [0.15, 0.2) is 0 Å². The Labute approximate surface area is 126 Å². The van der Waals surface area contributed by atoms with Gasteiger partial charge in [-0.25, -0.2) is 4.39 Å². The van der Waals surface area contributed by atoms with Gasteiger partial charge in [0.25, 0.3) is 0 Å². The van der Waals surface area contributed by atoms with Crippen LogP contribution in [0.25, 0.3) is 0 Å². The van der Waals surface area contributed by atoms with Gasteiger partial charge in [-0.1, -0.05) is 13.0 Å². The van der Waals surface area contributed by atoms with Crippen LogP contribution in [0.15, 0.2) is 36.7 Å². The number of benzene rings is 1. The Hall–Kier alpha value is -1.74. The molecule has 0 amide bonds. The molecule has 0 aliphatic heterocycles. The van der Waals surface area contributed by atoms with Crippen LogP contribution in [0.1, 0.15) is 41.6 Å². The molecule has 0 radical (unpaired) electrons. The number of nitrogens with one attached hydrogen (secondary N) is 1. The first-order chi connectivity index (χ1) is 10.1. The Kier molecular flexibility index (Phi) is 5.45. The molecule has 0 saturated heterocycles. The van der Waals surface area contributed by atoms with Gasteiger partial charge in [0, 0.05) is 24.0 Å². The molecule has 1 aromatic heterocycles. The minimum absolute atomic E-state index is 0.0452. The topological polar surface area (TPSA) is 24.9 Å². The van der Waals surface area contributed by atoms with Gasteiger partial charge in [0.2, 0.25) is 0 Å². The van der Waals surface area contributed by atoms with E-state index in [1.54, 1.807) is 18.5 Å². The summed E-state index contributed by atoms with van der Waals surface area (Å²) in [5.41, 5.74) is 4.03. The average Bonchev–Trinajstić information content (AvgIpc) is 2.45. The molecule has 1 unspecified atom stereocenters. The second-order valence-electron chi connectivity index (χ2n) is 5.48. The molecule has 1 atom stereocenters. The van der Waals surface area contributed by atoms with Crippen molar-refractivity contribution in [2.45, 2.75) is 39.7 Å². The first kappa shape index (κ1) is 15.6. The lowest BCUT2D eigenvalue weighted by Gasteiger charge is -2.21. The Morgan fingerprint density at radius 1 is 1.19 bits per heavy atom. The minimum atomic E-state index is -0.104. The van der Waals surface area contributed by atoms with Crippen LogP contribution in [-0.2, 0) is 6.42 Å². The largest absolute Gasteiger partial charge is 0.310 e. The van der Waals surface area contributed by atoms with Crippen molar-refractivity contribution < 1.29 is 4.39 Å². The maximum absolute atomic E-state index is 14.4. The Morgan fingerprint density at radius 3 is 2.52 bits per heavy atom. The lowest BCUT2D eigenvalue weighted by Crippen LogP contribution is -2.23. The summed E-state index contributed by atoms with van der Waals surface area (Å²) in [5, 5.41) is 3.41. The van der Waals surface area contributed by atoms with Gasteiger partial charge in [0.1, 0.15) is 5.82 Å². The number of aryl methyl sites for hydroxylation is 3. The SMILES string of the molecule is CCNC(CCc1ccncc1)c1c(C)cc(C)cc1F. The summed E-state index contributed by atoms with van der Waals surface area (Å²) in [7, 11) is 0. The molecule has 0 aliphatic rings. The van der Waals surface area contributed by atoms with Crippen LogP contribution in [0.3, 0.4) is 0 Å². The van der Waals surface area contributed by atoms with Crippen molar-refractivity contribution in [1.82, 2.24) is 10.3 Å². The van der Waals surface area contributed by atoms with E-state index >= 15 is 0 Å². The smallest absolute Gasteiger partial charge is 0.128 e. The van der Waals surface area contributed by atoms with Crippen LogP contribution in [0.5, 0.6) is 0 Å². The molecule has 0 fully saturated rings. The van der Waals surface area contributed by atoms with Crippen LogP contribution < -0.4 is 5.32 Å². The summed E-state index contributed by atoms with van der Waals surface area (Å²) in [6.45, 7) is 6.80. The predicted octanol–water partition coefficient (Wildman–Crippen LogP) is 4.12. The van der Waals surface area contributed by atoms with Crippen molar-refractivity contribution in [3.8, 4) is 0 Å². The van der Waals surface area contributed by atoms with Gasteiger partial charge in [0.05, 0.1) is 0 Å². The fraction of sp³-hybridized carbons (Fsp3) is 0.389. The predicted molar refractivity (Wildman–Crippen MR) is 84.8 cm³/mol. The maximum Gasteiger partial charge on any atom is 0.128 e. The monoisotopic (exact) mass is 286 g/mol. The fourth-order valence-electron chi connectivity index (χ4n) is 2.82. The zero-order valence-corrected chi connectivity index (χ0v) is 13.0. The van der Waals surface area contributed by atoms with Gasteiger partial charge < -0.3 is 5.32 Å². The van der Waals surface area contributed by atoms with Crippen LogP contribution in [-0.4, -0.2) is 11.5 Å². The van der Waals surface area contributed by atoms with Crippen molar-refractivity contribution in [2.75, 3.05) is 6.54 Å². The van der Waals surface area contributed by atoms with Gasteiger partial charge in [-0.3, -0.25) is 4.98 Å². The van der Waals surface area contributed by atoms with Gasteiger partial charge in [-0.05, 0) is 68.1 Å². The summed E-state index contributed by atoms with van der Waals surface area (Å²) in [6, 6.07) is 7.75. The molecule has 1 heterocycles. The summed E-state index contributed by atoms with van der Waals surface area (Å²) < 4.78 is 14.4. The maximum atomic E-state index is 14.4. The van der Waals surface area contributed by atoms with Crippen LogP contribution in [0.2, 0.25) is 0 Å². The van der Waals surface area contributed by atoms with E-state index in [9.17, 15) is 4.39 Å². The van der Waals surface area contributed by atoms with E-state index in [1.807, 2.05) is 26.0 Å². The van der Waals surface area contributed by atoms with Crippen molar-refractivity contribution in [1.29, 1.82) is 0 Å². The van der Waals surface area contributed by atoms with Crippen LogP contribution >= 0.6 is 0 Å². The van der Waals surface area contributed by atoms with E-state index in [2.05, 4.69) is 23.3 Å². The molecular formula is C18H23FN2. The number of halogens is 1. The lowest BCUT2D eigenvalue weighted by atomic mass is 9.94. The highest BCUT2D eigenvalue weighted by Gasteiger charge is 2.17. The molecule has 0 saturated carbocycles. The molecule has 2 rings (SSSR count). The first-order valence-electron chi connectivity index (χ1n) is 7.50. The van der Waals surface area contributed by atoms with Gasteiger partial charge in [-0.2, -0.15) is 0 Å². The van der Waals surface area contributed by atoms with Crippen molar-refractivity contribution in [2.24, 2.45) is 0 Å². The number of aromatic nitrogens is 1. The highest BCUT2D eigenvalue weighted by molar-refractivity contribution is 5.34. The number of hydrogen-bond donors (Lipinski definition) is 1. The van der Waals surface area contributed by atoms with E-state index in [4.69, 9.17) is 0 Å². The third kappa shape index (κ3) is 4.11. The highest BCUT2D eigenvalue weighted by Crippen LogP contribution is 2.26. The molecule has 1 N–H and O–H groups in total. The Bertz CT molecular complexity index is 558. The summed E-state index contributed by atoms with van der Waals surface area (Å²) >= 11 is 0. The molecule has 21 heavy (non-hydrogen) atoms. The Balaban J connectivity index is 2.19. The number of hydrogen-bond acceptors (Lipinski definition) is 2. The molecule has 3 heteroatoms. The molecule has 112 valence electrons. The summed E-state index contributed by atoms with van der Waals surface area (Å²) in [4.78, 5) is 4.03. The molecule has 1 aromatic carbocycles. The highest BCUT2D eigenvalue weighted by atomic mass is 19.1. The van der Waals surface area contributed by atoms with E-state index in [-0.39, 0.29) is 11.9 Å². The van der Waals surface area contributed by atoms with E-state index in [0.717, 1.165) is 36.1 Å². The fourth-order valence-corrected chi connectivity index (χ4v) is 2.82. The minimum Gasteiger partial charge on any atom is -0.310 e. The lowest BCUT2D eigenvalue weighted by molar-refractivity contribution is 0.482. The van der Waals surface area contributed by atoms with E-state index < -0.39 is 0 Å².